The molecule has 4 saturated carbocycles. The second kappa shape index (κ2) is 25.6. The summed E-state index contributed by atoms with van der Waals surface area (Å²) in [7, 11) is 0. The minimum Gasteiger partial charge on any atom is -0.463 e. The van der Waals surface area contributed by atoms with E-state index in [2.05, 4.69) is 13.8 Å². The molecule has 6 rings (SSSR count). The number of esters is 4. The lowest BCUT2D eigenvalue weighted by Gasteiger charge is -2.40. The third-order valence-corrected chi connectivity index (χ3v) is 16.3. The molecule has 2 atom stereocenters. The van der Waals surface area contributed by atoms with E-state index in [-0.39, 0.29) is 23.9 Å². The van der Waals surface area contributed by atoms with Crippen LogP contribution in [-0.2, 0) is 38.1 Å². The van der Waals surface area contributed by atoms with Crippen molar-refractivity contribution in [2.45, 2.75) is 215 Å². The number of allylic oxidation sites excluding steroid dienone is 2. The highest BCUT2D eigenvalue weighted by Gasteiger charge is 2.38. The molecule has 8 nitrogen and oxygen atoms in total. The lowest BCUT2D eigenvalue weighted by atomic mass is 9.65. The predicted molar refractivity (Wildman–Crippen MR) is 242 cm³/mol. The molecular formula is C53H86O8. The van der Waals surface area contributed by atoms with E-state index >= 15 is 0 Å². The molecule has 346 valence electrons. The summed E-state index contributed by atoms with van der Waals surface area (Å²) >= 11 is 0. The molecule has 0 bridgehead atoms. The van der Waals surface area contributed by atoms with Crippen LogP contribution in [-0.4, -0.2) is 37.1 Å². The monoisotopic (exact) mass is 851 g/mol. The molecule has 0 spiro atoms. The molecule has 0 N–H and O–H groups in total. The van der Waals surface area contributed by atoms with Gasteiger partial charge in [-0.1, -0.05) is 72.1 Å². The minimum atomic E-state index is -0.338. The van der Waals surface area contributed by atoms with Crippen LogP contribution < -0.4 is 0 Å². The SMILES string of the molecule is CCCOC(=O)C1=C(OC(C)=O)CC(C2CCC([C@H]3CC[C@H](CCC)CC3)CC2)CC1.CCC[C@H]1CC[C@H](C2CCC(C3CCC(C(=O)OCC)=C(OC(C)=O)C3)CC2)CC1. The van der Waals surface area contributed by atoms with Crippen LogP contribution in [0.15, 0.2) is 22.7 Å². The Morgan fingerprint density at radius 3 is 1.07 bits per heavy atom. The van der Waals surface area contributed by atoms with Crippen molar-refractivity contribution in [2.75, 3.05) is 13.2 Å². The molecule has 0 aromatic carbocycles. The highest BCUT2D eigenvalue weighted by Crippen LogP contribution is 2.48. The number of carbonyl (C=O) groups excluding carboxylic acids is 4. The number of hydrogen-bond donors (Lipinski definition) is 0. The second-order valence-electron chi connectivity index (χ2n) is 20.3. The van der Waals surface area contributed by atoms with Crippen molar-refractivity contribution in [3.8, 4) is 0 Å². The molecule has 8 heteroatoms. The van der Waals surface area contributed by atoms with E-state index < -0.39 is 0 Å². The fraction of sp³-hybridized carbons (Fsp3) is 0.849. The van der Waals surface area contributed by atoms with Crippen LogP contribution in [0.4, 0.5) is 0 Å². The van der Waals surface area contributed by atoms with Gasteiger partial charge < -0.3 is 18.9 Å². The molecule has 61 heavy (non-hydrogen) atoms. The van der Waals surface area contributed by atoms with Gasteiger partial charge in [0, 0.05) is 26.7 Å². The summed E-state index contributed by atoms with van der Waals surface area (Å²) in [6.45, 7) is 12.0. The second-order valence-corrected chi connectivity index (χ2v) is 20.3. The molecule has 0 aromatic heterocycles. The van der Waals surface area contributed by atoms with Crippen molar-refractivity contribution in [3.05, 3.63) is 22.7 Å². The number of rotatable bonds is 15. The molecule has 0 radical (unpaired) electrons. The molecule has 0 heterocycles. The smallest absolute Gasteiger partial charge is 0.337 e. The summed E-state index contributed by atoms with van der Waals surface area (Å²) in [6.07, 6.45) is 33.4. The Morgan fingerprint density at radius 1 is 0.426 bits per heavy atom. The van der Waals surface area contributed by atoms with Gasteiger partial charge in [-0.05, 0) is 175 Å². The molecule has 6 aliphatic carbocycles. The molecule has 2 unspecified atom stereocenters. The van der Waals surface area contributed by atoms with Gasteiger partial charge in [-0.25, -0.2) is 9.59 Å². The van der Waals surface area contributed by atoms with Gasteiger partial charge in [-0.2, -0.15) is 0 Å². The van der Waals surface area contributed by atoms with Crippen molar-refractivity contribution >= 4 is 23.9 Å². The van der Waals surface area contributed by atoms with Gasteiger partial charge in [0.05, 0.1) is 24.4 Å². The maximum atomic E-state index is 12.4. The average molecular weight is 851 g/mol. The molecule has 0 aromatic rings. The number of hydrogen-bond acceptors (Lipinski definition) is 8. The van der Waals surface area contributed by atoms with Crippen LogP contribution in [0.5, 0.6) is 0 Å². The van der Waals surface area contributed by atoms with Crippen molar-refractivity contribution < 1.29 is 38.1 Å². The zero-order chi connectivity index (χ0) is 43.7. The van der Waals surface area contributed by atoms with E-state index in [0.717, 1.165) is 54.8 Å². The van der Waals surface area contributed by atoms with E-state index in [1.54, 1.807) is 0 Å². The van der Waals surface area contributed by atoms with Gasteiger partial charge in [-0.3, -0.25) is 9.59 Å². The quantitative estimate of drug-likeness (QED) is 0.118. The highest BCUT2D eigenvalue weighted by molar-refractivity contribution is 5.90. The van der Waals surface area contributed by atoms with Crippen molar-refractivity contribution in [1.82, 2.24) is 0 Å². The molecule has 0 saturated heterocycles. The maximum Gasteiger partial charge on any atom is 0.337 e. The zero-order valence-electron chi connectivity index (χ0n) is 39.5. The fourth-order valence-corrected chi connectivity index (χ4v) is 13.0. The Balaban J connectivity index is 0.000000231. The molecule has 0 amide bonds. The summed E-state index contributed by atoms with van der Waals surface area (Å²) in [5.74, 6) is 8.08. The Bertz CT molecular complexity index is 1450. The van der Waals surface area contributed by atoms with Gasteiger partial charge in [0.25, 0.3) is 0 Å². The van der Waals surface area contributed by atoms with Gasteiger partial charge in [0.1, 0.15) is 11.5 Å². The Morgan fingerprint density at radius 2 is 0.754 bits per heavy atom. The van der Waals surface area contributed by atoms with Crippen LogP contribution in [0.25, 0.3) is 0 Å². The summed E-state index contributed by atoms with van der Waals surface area (Å²) in [5, 5.41) is 0. The Hall–Kier alpha value is -2.64. The summed E-state index contributed by atoms with van der Waals surface area (Å²) in [4.78, 5) is 48.0. The lowest BCUT2D eigenvalue weighted by Crippen LogP contribution is -2.30. The van der Waals surface area contributed by atoms with Crippen LogP contribution in [0.3, 0.4) is 0 Å². The first-order chi connectivity index (χ1) is 29.5. The average Bonchev–Trinajstić information content (AvgIpc) is 3.26. The van der Waals surface area contributed by atoms with E-state index in [4.69, 9.17) is 18.9 Å². The van der Waals surface area contributed by atoms with Crippen molar-refractivity contribution in [2.24, 2.45) is 59.2 Å². The number of carbonyl (C=O) groups is 4. The van der Waals surface area contributed by atoms with Crippen LogP contribution >= 0.6 is 0 Å². The van der Waals surface area contributed by atoms with Gasteiger partial charge in [-0.15, -0.1) is 0 Å². The molecule has 4 fully saturated rings. The minimum absolute atomic E-state index is 0.293. The van der Waals surface area contributed by atoms with E-state index in [1.807, 2.05) is 13.8 Å². The fourth-order valence-electron chi connectivity index (χ4n) is 13.0. The van der Waals surface area contributed by atoms with E-state index in [1.165, 1.54) is 142 Å². The third kappa shape index (κ3) is 15.0. The van der Waals surface area contributed by atoms with Gasteiger partial charge in [0.15, 0.2) is 0 Å². The van der Waals surface area contributed by atoms with Gasteiger partial charge >= 0.3 is 23.9 Å². The predicted octanol–water partition coefficient (Wildman–Crippen LogP) is 13.5. The Labute approximate surface area is 370 Å². The first-order valence-electron chi connectivity index (χ1n) is 25.7. The first kappa shape index (κ1) is 49.4. The summed E-state index contributed by atoms with van der Waals surface area (Å²) in [5.41, 5.74) is 1.18. The van der Waals surface area contributed by atoms with Crippen molar-refractivity contribution in [1.29, 1.82) is 0 Å². The molecular weight excluding hydrogens is 765 g/mol. The third-order valence-electron chi connectivity index (χ3n) is 16.3. The summed E-state index contributed by atoms with van der Waals surface area (Å²) in [6, 6.07) is 0. The normalized spacial score (nSPS) is 32.2. The van der Waals surface area contributed by atoms with E-state index in [9.17, 15) is 19.2 Å². The molecule has 0 aliphatic heterocycles. The van der Waals surface area contributed by atoms with Crippen LogP contribution in [0, 0.1) is 59.2 Å². The van der Waals surface area contributed by atoms with E-state index in [0.29, 0.717) is 85.2 Å². The topological polar surface area (TPSA) is 105 Å². The lowest BCUT2D eigenvalue weighted by molar-refractivity contribution is -0.142. The largest absolute Gasteiger partial charge is 0.463 e. The van der Waals surface area contributed by atoms with Crippen molar-refractivity contribution in [3.63, 3.8) is 0 Å². The zero-order valence-corrected chi connectivity index (χ0v) is 39.5. The standard InChI is InChI=1S/C27H44O4.C26H42O4/c1-4-6-20-7-9-21(10-8-20)22-11-13-23(14-12-22)24-15-16-25(27(29)30-17-5-2)26(18-24)31-19(3)28;1-4-6-19-7-9-20(10-8-19)21-11-13-22(14-12-21)23-15-16-24(26(28)29-5-2)25(17-23)30-18(3)27/h20-24H,4-18H2,1-3H3;19-23H,4-17H2,1-3H3/t20-,21-,22?,23?,24?;19-,20-,21?,22?,23?. The van der Waals surface area contributed by atoms with Gasteiger partial charge in [0.2, 0.25) is 0 Å². The summed E-state index contributed by atoms with van der Waals surface area (Å²) < 4.78 is 21.5. The molecule has 6 aliphatic rings. The number of ether oxygens (including phenoxy) is 4. The Kier molecular flexibility index (Phi) is 20.7. The van der Waals surface area contributed by atoms with Crippen LogP contribution in [0.1, 0.15) is 215 Å². The van der Waals surface area contributed by atoms with Crippen LogP contribution in [0.2, 0.25) is 0 Å². The first-order valence-corrected chi connectivity index (χ1v) is 25.7. The maximum absolute atomic E-state index is 12.4. The highest BCUT2D eigenvalue weighted by atomic mass is 16.6.